The third-order valence-electron chi connectivity index (χ3n) is 5.97. The smallest absolute Gasteiger partial charge is 0.228 e. The molecule has 3 aliphatic rings. The Hall–Kier alpha value is -1.42. The third kappa shape index (κ3) is 3.27. The van der Waals surface area contributed by atoms with Gasteiger partial charge in [-0.05, 0) is 75.2 Å². The van der Waals surface area contributed by atoms with E-state index in [9.17, 15) is 4.79 Å². The van der Waals surface area contributed by atoms with E-state index in [1.54, 1.807) is 0 Å². The zero-order valence-corrected chi connectivity index (χ0v) is 13.9. The Kier molecular flexibility index (Phi) is 4.10. The fourth-order valence-corrected chi connectivity index (χ4v) is 4.30. The van der Waals surface area contributed by atoms with Crippen molar-refractivity contribution in [2.75, 3.05) is 26.2 Å². The maximum atomic E-state index is 13.0. The average molecular weight is 313 g/mol. The molecule has 0 radical (unpaired) electrons. The molecule has 0 N–H and O–H groups in total. The molecule has 0 unspecified atom stereocenters. The molecule has 1 spiro atoms. The topological polar surface area (TPSA) is 36.4 Å². The van der Waals surface area contributed by atoms with Crippen molar-refractivity contribution in [3.8, 4) is 0 Å². The van der Waals surface area contributed by atoms with Gasteiger partial charge in [0.1, 0.15) is 0 Å². The highest BCUT2D eigenvalue weighted by atomic mass is 16.2. The minimum Gasteiger partial charge on any atom is -0.342 e. The molecule has 2 aliphatic heterocycles. The molecule has 1 aliphatic carbocycles. The van der Waals surface area contributed by atoms with E-state index >= 15 is 0 Å². The highest BCUT2D eigenvalue weighted by molar-refractivity contribution is 5.85. The van der Waals surface area contributed by atoms with E-state index in [0.717, 1.165) is 64.3 Å². The standard InChI is InChI=1S/C19H27N3O/c23-18-19(8-13-22(18)15-16-2-3-16)6-1-11-21(12-7-19)14-17-4-9-20-10-5-17/h4-5,9-10,16H,1-3,6-8,11-15H2/t19-/m0/s1. The van der Waals surface area contributed by atoms with Crippen molar-refractivity contribution < 1.29 is 4.79 Å². The highest BCUT2D eigenvalue weighted by Gasteiger charge is 2.47. The van der Waals surface area contributed by atoms with Crippen LogP contribution in [0.25, 0.3) is 0 Å². The Labute approximate surface area is 138 Å². The zero-order chi connectivity index (χ0) is 15.7. The first kappa shape index (κ1) is 15.1. The fraction of sp³-hybridized carbons (Fsp3) is 0.684. The summed E-state index contributed by atoms with van der Waals surface area (Å²) in [6.07, 6.45) is 10.7. The summed E-state index contributed by atoms with van der Waals surface area (Å²) < 4.78 is 0. The van der Waals surface area contributed by atoms with E-state index in [0.29, 0.717) is 5.91 Å². The minimum atomic E-state index is -0.0398. The first-order valence-corrected chi connectivity index (χ1v) is 9.16. The first-order chi connectivity index (χ1) is 11.3. The lowest BCUT2D eigenvalue weighted by atomic mass is 9.79. The second-order valence-corrected chi connectivity index (χ2v) is 7.71. The molecule has 0 bridgehead atoms. The monoisotopic (exact) mass is 313 g/mol. The first-order valence-electron chi connectivity index (χ1n) is 9.16. The van der Waals surface area contributed by atoms with Crippen LogP contribution < -0.4 is 0 Å². The number of hydrogen-bond acceptors (Lipinski definition) is 3. The summed E-state index contributed by atoms with van der Waals surface area (Å²) in [6.45, 7) is 5.17. The lowest BCUT2D eigenvalue weighted by Crippen LogP contribution is -2.36. The Morgan fingerprint density at radius 2 is 1.87 bits per heavy atom. The maximum absolute atomic E-state index is 13.0. The predicted molar refractivity (Wildman–Crippen MR) is 89.7 cm³/mol. The lowest BCUT2D eigenvalue weighted by molar-refractivity contribution is -0.136. The Balaban J connectivity index is 1.38. The second kappa shape index (κ2) is 6.23. The van der Waals surface area contributed by atoms with Gasteiger partial charge in [-0.3, -0.25) is 14.7 Å². The van der Waals surface area contributed by atoms with Gasteiger partial charge < -0.3 is 4.90 Å². The largest absolute Gasteiger partial charge is 0.342 e. The molecule has 23 heavy (non-hydrogen) atoms. The second-order valence-electron chi connectivity index (χ2n) is 7.71. The number of likely N-dealkylation sites (tertiary alicyclic amines) is 2. The number of carbonyl (C=O) groups is 1. The van der Waals surface area contributed by atoms with Crippen LogP contribution in [0.5, 0.6) is 0 Å². The van der Waals surface area contributed by atoms with E-state index in [1.165, 1.54) is 18.4 Å². The van der Waals surface area contributed by atoms with Crippen molar-refractivity contribution in [1.29, 1.82) is 0 Å². The van der Waals surface area contributed by atoms with Crippen LogP contribution in [0.1, 0.15) is 44.1 Å². The van der Waals surface area contributed by atoms with Crippen LogP contribution in [0.2, 0.25) is 0 Å². The fourth-order valence-electron chi connectivity index (χ4n) is 4.30. The third-order valence-corrected chi connectivity index (χ3v) is 5.97. The molecule has 1 aromatic heterocycles. The number of carbonyl (C=O) groups excluding carboxylic acids is 1. The molecular formula is C19H27N3O. The molecule has 3 heterocycles. The number of amides is 1. The van der Waals surface area contributed by atoms with Crippen molar-refractivity contribution in [3.63, 3.8) is 0 Å². The van der Waals surface area contributed by atoms with Gasteiger partial charge in [-0.1, -0.05) is 0 Å². The van der Waals surface area contributed by atoms with Gasteiger partial charge in [-0.2, -0.15) is 0 Å². The van der Waals surface area contributed by atoms with Crippen molar-refractivity contribution in [3.05, 3.63) is 30.1 Å². The summed E-state index contributed by atoms with van der Waals surface area (Å²) in [6, 6.07) is 4.19. The SMILES string of the molecule is O=C1N(CC2CC2)CC[C@@]12CCCN(Cc1ccncc1)CC2. The van der Waals surface area contributed by atoms with Gasteiger partial charge in [0.25, 0.3) is 0 Å². The average Bonchev–Trinajstić information content (AvgIpc) is 3.36. The van der Waals surface area contributed by atoms with E-state index in [2.05, 4.69) is 26.9 Å². The summed E-state index contributed by atoms with van der Waals surface area (Å²) >= 11 is 0. The number of nitrogens with zero attached hydrogens (tertiary/aromatic N) is 3. The van der Waals surface area contributed by atoms with E-state index in [-0.39, 0.29) is 5.41 Å². The molecule has 0 aromatic carbocycles. The molecule has 124 valence electrons. The van der Waals surface area contributed by atoms with Crippen LogP contribution in [0, 0.1) is 11.3 Å². The summed E-state index contributed by atoms with van der Waals surface area (Å²) in [5.74, 6) is 1.28. The lowest BCUT2D eigenvalue weighted by Gasteiger charge is -2.27. The van der Waals surface area contributed by atoms with Crippen LogP contribution in [0.3, 0.4) is 0 Å². The van der Waals surface area contributed by atoms with Gasteiger partial charge in [-0.15, -0.1) is 0 Å². The van der Waals surface area contributed by atoms with Crippen LogP contribution in [0.4, 0.5) is 0 Å². The van der Waals surface area contributed by atoms with E-state index in [4.69, 9.17) is 0 Å². The number of hydrogen-bond donors (Lipinski definition) is 0. The van der Waals surface area contributed by atoms with Gasteiger partial charge >= 0.3 is 0 Å². The van der Waals surface area contributed by atoms with Gasteiger partial charge in [-0.25, -0.2) is 0 Å². The van der Waals surface area contributed by atoms with Gasteiger partial charge in [0, 0.05) is 32.0 Å². The molecule has 4 nitrogen and oxygen atoms in total. The Morgan fingerprint density at radius 3 is 2.65 bits per heavy atom. The van der Waals surface area contributed by atoms with Gasteiger partial charge in [0.15, 0.2) is 0 Å². The number of pyridine rings is 1. The van der Waals surface area contributed by atoms with Gasteiger partial charge in [0.05, 0.1) is 5.41 Å². The zero-order valence-electron chi connectivity index (χ0n) is 13.9. The summed E-state index contributed by atoms with van der Waals surface area (Å²) in [5, 5.41) is 0. The molecule has 1 atom stereocenters. The summed E-state index contributed by atoms with van der Waals surface area (Å²) in [7, 11) is 0. The molecular weight excluding hydrogens is 286 g/mol. The van der Waals surface area contributed by atoms with E-state index < -0.39 is 0 Å². The Bertz CT molecular complexity index is 557. The molecule has 1 amide bonds. The van der Waals surface area contributed by atoms with Crippen molar-refractivity contribution in [2.24, 2.45) is 11.3 Å². The van der Waals surface area contributed by atoms with Crippen molar-refractivity contribution in [1.82, 2.24) is 14.8 Å². The molecule has 3 fully saturated rings. The van der Waals surface area contributed by atoms with Crippen LogP contribution >= 0.6 is 0 Å². The quantitative estimate of drug-likeness (QED) is 0.857. The number of aromatic nitrogens is 1. The molecule has 4 rings (SSSR count). The maximum Gasteiger partial charge on any atom is 0.228 e. The van der Waals surface area contributed by atoms with Crippen molar-refractivity contribution >= 4 is 5.91 Å². The number of rotatable bonds is 4. The Morgan fingerprint density at radius 1 is 1.09 bits per heavy atom. The normalized spacial score (nSPS) is 29.2. The van der Waals surface area contributed by atoms with Crippen molar-refractivity contribution in [2.45, 2.75) is 45.1 Å². The molecule has 2 saturated heterocycles. The molecule has 1 saturated carbocycles. The van der Waals surface area contributed by atoms with Crippen LogP contribution in [-0.2, 0) is 11.3 Å². The van der Waals surface area contributed by atoms with Crippen LogP contribution in [-0.4, -0.2) is 46.9 Å². The predicted octanol–water partition coefficient (Wildman–Crippen LogP) is 2.70. The molecule has 1 aromatic rings. The summed E-state index contributed by atoms with van der Waals surface area (Å²) in [5.41, 5.74) is 1.28. The van der Waals surface area contributed by atoms with Crippen LogP contribution in [0.15, 0.2) is 24.5 Å². The van der Waals surface area contributed by atoms with E-state index in [1.807, 2.05) is 12.4 Å². The summed E-state index contributed by atoms with van der Waals surface area (Å²) in [4.78, 5) is 21.7. The van der Waals surface area contributed by atoms with Gasteiger partial charge in [0.2, 0.25) is 5.91 Å². The highest BCUT2D eigenvalue weighted by Crippen LogP contribution is 2.43. The molecule has 4 heteroatoms. The minimum absolute atomic E-state index is 0.0398.